The predicted octanol–water partition coefficient (Wildman–Crippen LogP) is 1.40. The average molecular weight is 334 g/mol. The fraction of sp³-hybridized carbons (Fsp3) is 0.611. The molecule has 3 rings (SSSR count). The van der Waals surface area contributed by atoms with Crippen molar-refractivity contribution >= 4 is 5.91 Å². The number of benzene rings is 1. The van der Waals surface area contributed by atoms with Gasteiger partial charge in [0.05, 0.1) is 7.11 Å². The predicted molar refractivity (Wildman–Crippen MR) is 90.5 cm³/mol. The van der Waals surface area contributed by atoms with Crippen molar-refractivity contribution in [1.82, 2.24) is 9.80 Å². The van der Waals surface area contributed by atoms with Crippen molar-refractivity contribution < 1.29 is 19.0 Å². The molecule has 1 aromatic carbocycles. The zero-order chi connectivity index (χ0) is 16.8. The van der Waals surface area contributed by atoms with Crippen LogP contribution in [0, 0.1) is 0 Å². The van der Waals surface area contributed by atoms with Crippen LogP contribution in [0.15, 0.2) is 24.3 Å². The SMILES string of the molecule is COc1ccccc1OCC(=O)N1CCN(C2CCOCC2)CC1. The maximum Gasteiger partial charge on any atom is 0.260 e. The van der Waals surface area contributed by atoms with Gasteiger partial charge < -0.3 is 19.1 Å². The first kappa shape index (κ1) is 17.0. The number of hydrogen-bond acceptors (Lipinski definition) is 5. The number of ether oxygens (including phenoxy) is 3. The monoisotopic (exact) mass is 334 g/mol. The van der Waals surface area contributed by atoms with E-state index in [0.717, 1.165) is 52.2 Å². The van der Waals surface area contributed by atoms with E-state index >= 15 is 0 Å². The average Bonchev–Trinajstić information content (AvgIpc) is 2.67. The van der Waals surface area contributed by atoms with Crippen LogP contribution in [0.2, 0.25) is 0 Å². The Labute approximate surface area is 143 Å². The summed E-state index contributed by atoms with van der Waals surface area (Å²) in [5.41, 5.74) is 0. The lowest BCUT2D eigenvalue weighted by atomic mass is 10.1. The molecule has 6 heteroatoms. The van der Waals surface area contributed by atoms with Gasteiger partial charge in [-0.05, 0) is 25.0 Å². The van der Waals surface area contributed by atoms with Crippen LogP contribution in [0.25, 0.3) is 0 Å². The van der Waals surface area contributed by atoms with Crippen LogP contribution >= 0.6 is 0 Å². The van der Waals surface area contributed by atoms with E-state index in [1.807, 2.05) is 29.2 Å². The van der Waals surface area contributed by atoms with Crippen molar-refractivity contribution in [3.8, 4) is 11.5 Å². The molecular weight excluding hydrogens is 308 g/mol. The van der Waals surface area contributed by atoms with Crippen LogP contribution in [0.5, 0.6) is 11.5 Å². The summed E-state index contributed by atoms with van der Waals surface area (Å²) in [7, 11) is 1.60. The smallest absolute Gasteiger partial charge is 0.260 e. The van der Waals surface area contributed by atoms with Crippen molar-refractivity contribution in [3.05, 3.63) is 24.3 Å². The Morgan fingerprint density at radius 1 is 1.12 bits per heavy atom. The van der Waals surface area contributed by atoms with Gasteiger partial charge in [0.2, 0.25) is 0 Å². The first-order valence-corrected chi connectivity index (χ1v) is 8.63. The molecule has 0 spiro atoms. The Bertz CT molecular complexity index is 538. The van der Waals surface area contributed by atoms with Crippen LogP contribution in [0.3, 0.4) is 0 Å². The number of carbonyl (C=O) groups is 1. The second-order valence-electron chi connectivity index (χ2n) is 6.20. The second-order valence-corrected chi connectivity index (χ2v) is 6.20. The Morgan fingerprint density at radius 3 is 2.46 bits per heavy atom. The maximum atomic E-state index is 12.4. The Balaban J connectivity index is 1.45. The molecule has 132 valence electrons. The third-order valence-corrected chi connectivity index (χ3v) is 4.79. The number of para-hydroxylation sites is 2. The number of carbonyl (C=O) groups excluding carboxylic acids is 1. The fourth-order valence-corrected chi connectivity index (χ4v) is 3.36. The van der Waals surface area contributed by atoms with E-state index in [4.69, 9.17) is 14.2 Å². The Morgan fingerprint density at radius 2 is 1.79 bits per heavy atom. The highest BCUT2D eigenvalue weighted by Crippen LogP contribution is 2.25. The van der Waals surface area contributed by atoms with Crippen LogP contribution in [-0.2, 0) is 9.53 Å². The molecule has 0 unspecified atom stereocenters. The van der Waals surface area contributed by atoms with Gasteiger partial charge in [0.1, 0.15) is 0 Å². The summed E-state index contributed by atoms with van der Waals surface area (Å²) < 4.78 is 16.3. The standard InChI is InChI=1S/C18H26N2O4/c1-22-16-4-2-3-5-17(16)24-14-18(21)20-10-8-19(9-11-20)15-6-12-23-13-7-15/h2-5,15H,6-14H2,1H3. The summed E-state index contributed by atoms with van der Waals surface area (Å²) in [6.07, 6.45) is 2.20. The molecule has 2 heterocycles. The Hall–Kier alpha value is -1.79. The number of piperazine rings is 1. The third kappa shape index (κ3) is 4.19. The number of nitrogens with zero attached hydrogens (tertiary/aromatic N) is 2. The molecule has 1 aromatic rings. The summed E-state index contributed by atoms with van der Waals surface area (Å²) >= 11 is 0. The van der Waals surface area contributed by atoms with E-state index < -0.39 is 0 Å². The van der Waals surface area contributed by atoms with E-state index in [0.29, 0.717) is 17.5 Å². The first-order chi connectivity index (χ1) is 11.8. The summed E-state index contributed by atoms with van der Waals surface area (Å²) in [4.78, 5) is 16.8. The summed E-state index contributed by atoms with van der Waals surface area (Å²) in [6.45, 7) is 5.18. The quantitative estimate of drug-likeness (QED) is 0.815. The minimum Gasteiger partial charge on any atom is -0.493 e. The molecule has 0 saturated carbocycles. The van der Waals surface area contributed by atoms with E-state index in [9.17, 15) is 4.79 Å². The number of rotatable bonds is 5. The van der Waals surface area contributed by atoms with E-state index in [2.05, 4.69) is 4.90 Å². The zero-order valence-corrected chi connectivity index (χ0v) is 14.3. The largest absolute Gasteiger partial charge is 0.493 e. The number of amides is 1. The van der Waals surface area contributed by atoms with E-state index in [-0.39, 0.29) is 12.5 Å². The molecule has 0 aromatic heterocycles. The highest BCUT2D eigenvalue weighted by atomic mass is 16.5. The van der Waals surface area contributed by atoms with Gasteiger partial charge in [0.25, 0.3) is 5.91 Å². The lowest BCUT2D eigenvalue weighted by molar-refractivity contribution is -0.135. The molecule has 24 heavy (non-hydrogen) atoms. The minimum atomic E-state index is 0.0348. The molecule has 2 fully saturated rings. The molecule has 0 radical (unpaired) electrons. The van der Waals surface area contributed by atoms with Gasteiger partial charge in [0.15, 0.2) is 18.1 Å². The fourth-order valence-electron chi connectivity index (χ4n) is 3.36. The molecule has 0 atom stereocenters. The molecule has 0 N–H and O–H groups in total. The van der Waals surface area contributed by atoms with Crippen LogP contribution in [0.4, 0.5) is 0 Å². The second kappa shape index (κ2) is 8.35. The number of hydrogen-bond donors (Lipinski definition) is 0. The Kier molecular flexibility index (Phi) is 5.93. The van der Waals surface area contributed by atoms with Crippen molar-refractivity contribution in [2.24, 2.45) is 0 Å². The highest BCUT2D eigenvalue weighted by molar-refractivity contribution is 5.78. The molecule has 2 aliphatic heterocycles. The topological polar surface area (TPSA) is 51.2 Å². The van der Waals surface area contributed by atoms with Gasteiger partial charge >= 0.3 is 0 Å². The first-order valence-electron chi connectivity index (χ1n) is 8.63. The van der Waals surface area contributed by atoms with Crippen molar-refractivity contribution in [2.45, 2.75) is 18.9 Å². The van der Waals surface area contributed by atoms with Gasteiger partial charge in [0, 0.05) is 45.4 Å². The van der Waals surface area contributed by atoms with Crippen molar-refractivity contribution in [2.75, 3.05) is 53.1 Å². The molecule has 2 aliphatic rings. The number of methoxy groups -OCH3 is 1. The molecule has 2 saturated heterocycles. The summed E-state index contributed by atoms with van der Waals surface area (Å²) in [5, 5.41) is 0. The van der Waals surface area contributed by atoms with Crippen LogP contribution in [0.1, 0.15) is 12.8 Å². The molecular formula is C18H26N2O4. The lowest BCUT2D eigenvalue weighted by Gasteiger charge is -2.40. The van der Waals surface area contributed by atoms with Gasteiger partial charge in [-0.15, -0.1) is 0 Å². The molecule has 0 aliphatic carbocycles. The molecule has 0 bridgehead atoms. The maximum absolute atomic E-state index is 12.4. The molecule has 1 amide bonds. The minimum absolute atomic E-state index is 0.0348. The zero-order valence-electron chi connectivity index (χ0n) is 14.3. The highest BCUT2D eigenvalue weighted by Gasteiger charge is 2.27. The van der Waals surface area contributed by atoms with Crippen molar-refractivity contribution in [3.63, 3.8) is 0 Å². The van der Waals surface area contributed by atoms with E-state index in [1.165, 1.54) is 0 Å². The lowest BCUT2D eigenvalue weighted by Crippen LogP contribution is -2.53. The van der Waals surface area contributed by atoms with Gasteiger partial charge in [-0.2, -0.15) is 0 Å². The van der Waals surface area contributed by atoms with Crippen LogP contribution in [-0.4, -0.2) is 74.9 Å². The van der Waals surface area contributed by atoms with E-state index in [1.54, 1.807) is 7.11 Å². The van der Waals surface area contributed by atoms with Gasteiger partial charge in [-0.3, -0.25) is 9.69 Å². The van der Waals surface area contributed by atoms with Crippen molar-refractivity contribution in [1.29, 1.82) is 0 Å². The third-order valence-electron chi connectivity index (χ3n) is 4.79. The molecule has 6 nitrogen and oxygen atoms in total. The van der Waals surface area contributed by atoms with Gasteiger partial charge in [-0.1, -0.05) is 12.1 Å². The van der Waals surface area contributed by atoms with Gasteiger partial charge in [-0.25, -0.2) is 0 Å². The summed E-state index contributed by atoms with van der Waals surface area (Å²) in [6, 6.07) is 8.00. The van der Waals surface area contributed by atoms with Crippen LogP contribution < -0.4 is 9.47 Å². The normalized spacial score (nSPS) is 20.0. The summed E-state index contributed by atoms with van der Waals surface area (Å²) in [5.74, 6) is 1.29.